The van der Waals surface area contributed by atoms with Crippen molar-refractivity contribution in [3.05, 3.63) is 18.2 Å². The first-order valence-electron chi connectivity index (χ1n) is 6.64. The summed E-state index contributed by atoms with van der Waals surface area (Å²) in [5, 5.41) is 2.93. The molecule has 5 nitrogen and oxygen atoms in total. The number of nitrogens with zero attached hydrogens (tertiary/aromatic N) is 1. The van der Waals surface area contributed by atoms with Crippen molar-refractivity contribution in [3.63, 3.8) is 0 Å². The molecule has 0 aliphatic heterocycles. The molecule has 1 aromatic heterocycles. The van der Waals surface area contributed by atoms with E-state index in [1.165, 1.54) is 0 Å². The Kier molecular flexibility index (Phi) is 4.75. The van der Waals surface area contributed by atoms with Crippen LogP contribution in [0.25, 0.3) is 0 Å². The fraction of sp³-hybridized carbons (Fsp3) is 0.692. The summed E-state index contributed by atoms with van der Waals surface area (Å²) in [4.78, 5) is 18.8. The molecule has 0 radical (unpaired) electrons. The molecule has 0 unspecified atom stereocenters. The minimum atomic E-state index is 0.140. The third-order valence-corrected chi connectivity index (χ3v) is 3.31. The number of amides is 1. The number of imidazole rings is 1. The van der Waals surface area contributed by atoms with Crippen molar-refractivity contribution in [1.29, 1.82) is 0 Å². The van der Waals surface area contributed by atoms with E-state index in [-0.39, 0.29) is 5.91 Å². The van der Waals surface area contributed by atoms with Crippen LogP contribution in [-0.4, -0.2) is 35.1 Å². The number of carbonyl (C=O) groups is 1. The van der Waals surface area contributed by atoms with Gasteiger partial charge in [0, 0.05) is 38.4 Å². The second kappa shape index (κ2) is 6.54. The van der Waals surface area contributed by atoms with Crippen LogP contribution in [0.5, 0.6) is 0 Å². The van der Waals surface area contributed by atoms with Gasteiger partial charge in [0.05, 0.1) is 6.10 Å². The normalized spacial score (nSPS) is 22.5. The molecule has 1 aliphatic carbocycles. The highest BCUT2D eigenvalue weighted by Gasteiger charge is 2.30. The average molecular weight is 251 g/mol. The van der Waals surface area contributed by atoms with Crippen LogP contribution in [0.2, 0.25) is 0 Å². The van der Waals surface area contributed by atoms with Gasteiger partial charge in [-0.05, 0) is 25.7 Å². The Morgan fingerprint density at radius 2 is 2.44 bits per heavy atom. The molecule has 0 aromatic carbocycles. The van der Waals surface area contributed by atoms with E-state index in [2.05, 4.69) is 15.3 Å². The van der Waals surface area contributed by atoms with Gasteiger partial charge >= 0.3 is 0 Å². The van der Waals surface area contributed by atoms with Gasteiger partial charge in [0.2, 0.25) is 5.91 Å². The van der Waals surface area contributed by atoms with Gasteiger partial charge in [0.1, 0.15) is 5.82 Å². The van der Waals surface area contributed by atoms with Crippen molar-refractivity contribution in [2.75, 3.05) is 13.2 Å². The zero-order valence-electron chi connectivity index (χ0n) is 10.8. The molecule has 1 aromatic rings. The SMILES string of the molecule is CCOC1CC(CC(=O)NCCc2ncc[nH]2)C1. The number of carbonyl (C=O) groups excluding carboxylic acids is 1. The minimum Gasteiger partial charge on any atom is -0.378 e. The van der Waals surface area contributed by atoms with Crippen LogP contribution in [0.3, 0.4) is 0 Å². The number of aromatic nitrogens is 2. The van der Waals surface area contributed by atoms with E-state index in [1.807, 2.05) is 6.92 Å². The molecule has 1 fully saturated rings. The van der Waals surface area contributed by atoms with Crippen molar-refractivity contribution in [2.45, 2.75) is 38.7 Å². The number of aromatic amines is 1. The third kappa shape index (κ3) is 3.84. The second-order valence-corrected chi connectivity index (χ2v) is 4.75. The van der Waals surface area contributed by atoms with Crippen molar-refractivity contribution in [1.82, 2.24) is 15.3 Å². The van der Waals surface area contributed by atoms with Crippen molar-refractivity contribution >= 4 is 5.91 Å². The maximum atomic E-state index is 11.7. The standard InChI is InChI=1S/C13H21N3O2/c1-2-18-11-7-10(8-11)9-13(17)16-4-3-12-14-5-6-15-12/h5-6,10-11H,2-4,7-9H2,1H3,(H,14,15)(H,16,17). The Balaban J connectivity index is 1.53. The summed E-state index contributed by atoms with van der Waals surface area (Å²) < 4.78 is 5.48. The number of rotatable bonds is 7. The summed E-state index contributed by atoms with van der Waals surface area (Å²) in [6.45, 7) is 3.43. The lowest BCUT2D eigenvalue weighted by atomic mass is 9.80. The Morgan fingerprint density at radius 1 is 1.61 bits per heavy atom. The van der Waals surface area contributed by atoms with E-state index in [0.717, 1.165) is 31.7 Å². The second-order valence-electron chi connectivity index (χ2n) is 4.75. The molecular weight excluding hydrogens is 230 g/mol. The molecule has 0 atom stereocenters. The molecule has 2 N–H and O–H groups in total. The van der Waals surface area contributed by atoms with Crippen LogP contribution >= 0.6 is 0 Å². The lowest BCUT2D eigenvalue weighted by molar-refractivity contribution is -0.124. The highest BCUT2D eigenvalue weighted by atomic mass is 16.5. The Hall–Kier alpha value is -1.36. The molecule has 0 spiro atoms. The Bertz CT molecular complexity index is 358. The van der Waals surface area contributed by atoms with E-state index in [0.29, 0.717) is 25.0 Å². The molecule has 1 heterocycles. The van der Waals surface area contributed by atoms with Crippen molar-refractivity contribution in [3.8, 4) is 0 Å². The van der Waals surface area contributed by atoms with E-state index < -0.39 is 0 Å². The van der Waals surface area contributed by atoms with Gasteiger partial charge in [-0.2, -0.15) is 0 Å². The van der Waals surface area contributed by atoms with Crippen LogP contribution in [0.1, 0.15) is 32.0 Å². The van der Waals surface area contributed by atoms with Crippen LogP contribution in [0, 0.1) is 5.92 Å². The molecule has 18 heavy (non-hydrogen) atoms. The third-order valence-electron chi connectivity index (χ3n) is 3.31. The molecule has 1 amide bonds. The van der Waals surface area contributed by atoms with Crippen LogP contribution < -0.4 is 5.32 Å². The molecule has 1 saturated carbocycles. The van der Waals surface area contributed by atoms with Gasteiger partial charge in [-0.25, -0.2) is 4.98 Å². The first-order chi connectivity index (χ1) is 8.78. The Labute approximate surface area is 107 Å². The van der Waals surface area contributed by atoms with E-state index in [4.69, 9.17) is 4.74 Å². The van der Waals surface area contributed by atoms with Gasteiger partial charge in [0.25, 0.3) is 0 Å². The Morgan fingerprint density at radius 3 is 3.11 bits per heavy atom. The largest absolute Gasteiger partial charge is 0.378 e. The minimum absolute atomic E-state index is 0.140. The predicted molar refractivity (Wildman–Crippen MR) is 68.1 cm³/mol. The van der Waals surface area contributed by atoms with Gasteiger partial charge in [0.15, 0.2) is 0 Å². The number of hydrogen-bond acceptors (Lipinski definition) is 3. The lowest BCUT2D eigenvalue weighted by Crippen LogP contribution is -2.36. The van der Waals surface area contributed by atoms with Crippen LogP contribution in [0.15, 0.2) is 12.4 Å². The molecule has 1 aliphatic rings. The van der Waals surface area contributed by atoms with Crippen molar-refractivity contribution in [2.24, 2.45) is 5.92 Å². The molecule has 5 heteroatoms. The van der Waals surface area contributed by atoms with Crippen LogP contribution in [-0.2, 0) is 16.0 Å². The summed E-state index contributed by atoms with van der Waals surface area (Å²) in [6, 6.07) is 0. The molecule has 100 valence electrons. The number of ether oxygens (including phenoxy) is 1. The monoisotopic (exact) mass is 251 g/mol. The summed E-state index contributed by atoms with van der Waals surface area (Å²) in [6.07, 6.45) is 7.33. The topological polar surface area (TPSA) is 67.0 Å². The zero-order valence-corrected chi connectivity index (χ0v) is 10.8. The van der Waals surface area contributed by atoms with Gasteiger partial charge in [-0.1, -0.05) is 0 Å². The number of H-pyrrole nitrogens is 1. The molecule has 0 saturated heterocycles. The van der Waals surface area contributed by atoms with Gasteiger partial charge in [-0.3, -0.25) is 4.79 Å². The fourth-order valence-electron chi connectivity index (χ4n) is 2.30. The van der Waals surface area contributed by atoms with E-state index in [9.17, 15) is 4.79 Å². The first kappa shape index (κ1) is 13.1. The number of nitrogens with one attached hydrogen (secondary N) is 2. The quantitative estimate of drug-likeness (QED) is 0.767. The van der Waals surface area contributed by atoms with Crippen molar-refractivity contribution < 1.29 is 9.53 Å². The summed E-state index contributed by atoms with van der Waals surface area (Å²) in [5.41, 5.74) is 0. The van der Waals surface area contributed by atoms with E-state index >= 15 is 0 Å². The smallest absolute Gasteiger partial charge is 0.220 e. The highest BCUT2D eigenvalue weighted by Crippen LogP contribution is 2.32. The zero-order chi connectivity index (χ0) is 12.8. The maximum absolute atomic E-state index is 11.7. The number of hydrogen-bond donors (Lipinski definition) is 2. The molecular formula is C13H21N3O2. The highest BCUT2D eigenvalue weighted by molar-refractivity contribution is 5.76. The average Bonchev–Trinajstić information content (AvgIpc) is 2.79. The first-order valence-corrected chi connectivity index (χ1v) is 6.64. The maximum Gasteiger partial charge on any atom is 0.220 e. The molecule has 0 bridgehead atoms. The van der Waals surface area contributed by atoms with Crippen LogP contribution in [0.4, 0.5) is 0 Å². The lowest BCUT2D eigenvalue weighted by Gasteiger charge is -2.34. The summed E-state index contributed by atoms with van der Waals surface area (Å²) >= 11 is 0. The summed E-state index contributed by atoms with van der Waals surface area (Å²) in [5.74, 6) is 1.56. The van der Waals surface area contributed by atoms with E-state index in [1.54, 1.807) is 12.4 Å². The van der Waals surface area contributed by atoms with Gasteiger partial charge in [-0.15, -0.1) is 0 Å². The predicted octanol–water partition coefficient (Wildman–Crippen LogP) is 1.27. The summed E-state index contributed by atoms with van der Waals surface area (Å²) in [7, 11) is 0. The molecule has 2 rings (SSSR count). The van der Waals surface area contributed by atoms with Gasteiger partial charge < -0.3 is 15.0 Å². The fourth-order valence-corrected chi connectivity index (χ4v) is 2.30.